The lowest BCUT2D eigenvalue weighted by molar-refractivity contribution is 0.499. The summed E-state index contributed by atoms with van der Waals surface area (Å²) in [5, 5.41) is 4.12. The van der Waals surface area contributed by atoms with Gasteiger partial charge in [-0.3, -0.25) is 4.98 Å². The molecule has 1 aromatic carbocycles. The van der Waals surface area contributed by atoms with Crippen molar-refractivity contribution < 1.29 is 0 Å². The number of hydrogen-bond donors (Lipinski definition) is 1. The molecule has 2 unspecified atom stereocenters. The lowest BCUT2D eigenvalue weighted by Crippen LogP contribution is -2.22. The maximum atomic E-state index is 5.92. The molecular formula is C15H17ClN2. The van der Waals surface area contributed by atoms with Gasteiger partial charge in [0.2, 0.25) is 0 Å². The monoisotopic (exact) mass is 260 g/mol. The molecule has 1 N–H and O–H groups in total. The summed E-state index contributed by atoms with van der Waals surface area (Å²) < 4.78 is 0. The highest BCUT2D eigenvalue weighted by Crippen LogP contribution is 2.29. The highest BCUT2D eigenvalue weighted by Gasteiger charge is 2.19. The van der Waals surface area contributed by atoms with Crippen molar-refractivity contribution >= 4 is 11.6 Å². The summed E-state index contributed by atoms with van der Waals surface area (Å²) in [4.78, 5) is 4.42. The zero-order valence-corrected chi connectivity index (χ0v) is 11.4. The van der Waals surface area contributed by atoms with Gasteiger partial charge in [-0.25, -0.2) is 0 Å². The van der Waals surface area contributed by atoms with Crippen LogP contribution in [0.25, 0.3) is 0 Å². The van der Waals surface area contributed by atoms with Crippen LogP contribution in [0.5, 0.6) is 0 Å². The number of pyridine rings is 1. The van der Waals surface area contributed by atoms with E-state index in [-0.39, 0.29) is 6.04 Å². The molecule has 0 fully saturated rings. The van der Waals surface area contributed by atoms with Crippen LogP contribution < -0.4 is 5.32 Å². The zero-order valence-electron chi connectivity index (χ0n) is 10.6. The van der Waals surface area contributed by atoms with Gasteiger partial charge in [0.25, 0.3) is 0 Å². The second-order valence-electron chi connectivity index (χ2n) is 4.36. The third-order valence-electron chi connectivity index (χ3n) is 3.19. The normalized spacial score (nSPS) is 14.2. The maximum absolute atomic E-state index is 5.92. The highest BCUT2D eigenvalue weighted by atomic mass is 35.5. The number of aromatic nitrogens is 1. The average molecular weight is 261 g/mol. The molecule has 0 aliphatic heterocycles. The van der Waals surface area contributed by atoms with Crippen LogP contribution in [-0.2, 0) is 0 Å². The van der Waals surface area contributed by atoms with Gasteiger partial charge >= 0.3 is 0 Å². The minimum absolute atomic E-state index is 0.233. The first-order chi connectivity index (χ1) is 8.72. The van der Waals surface area contributed by atoms with Crippen molar-refractivity contribution in [3.63, 3.8) is 0 Å². The largest absolute Gasteiger partial charge is 0.312 e. The van der Waals surface area contributed by atoms with Crippen LogP contribution in [0.1, 0.15) is 30.1 Å². The lowest BCUT2D eigenvalue weighted by atomic mass is 9.91. The van der Waals surface area contributed by atoms with E-state index in [1.165, 1.54) is 5.56 Å². The zero-order chi connectivity index (χ0) is 13.0. The Morgan fingerprint density at radius 1 is 1.11 bits per heavy atom. The molecule has 2 aromatic rings. The minimum atomic E-state index is 0.233. The number of halogens is 1. The summed E-state index contributed by atoms with van der Waals surface area (Å²) >= 11 is 5.92. The lowest BCUT2D eigenvalue weighted by Gasteiger charge is -2.23. The SMILES string of the molecule is CNC(c1ccc(Cl)cc1)C(C)c1ccccn1. The highest BCUT2D eigenvalue weighted by molar-refractivity contribution is 6.30. The number of nitrogens with one attached hydrogen (secondary N) is 1. The van der Waals surface area contributed by atoms with E-state index in [0.29, 0.717) is 5.92 Å². The van der Waals surface area contributed by atoms with Gasteiger partial charge in [0, 0.05) is 28.9 Å². The van der Waals surface area contributed by atoms with Crippen molar-refractivity contribution in [2.45, 2.75) is 18.9 Å². The molecule has 2 atom stereocenters. The Morgan fingerprint density at radius 3 is 2.39 bits per heavy atom. The van der Waals surface area contributed by atoms with Gasteiger partial charge in [-0.1, -0.05) is 36.7 Å². The Kier molecular flexibility index (Phi) is 4.34. The van der Waals surface area contributed by atoms with Gasteiger partial charge in [-0.2, -0.15) is 0 Å². The van der Waals surface area contributed by atoms with E-state index in [9.17, 15) is 0 Å². The fourth-order valence-corrected chi connectivity index (χ4v) is 2.32. The molecular weight excluding hydrogens is 244 g/mol. The number of rotatable bonds is 4. The summed E-state index contributed by atoms with van der Waals surface area (Å²) in [5.41, 5.74) is 2.31. The van der Waals surface area contributed by atoms with Crippen molar-refractivity contribution in [1.82, 2.24) is 10.3 Å². The fraction of sp³-hybridized carbons (Fsp3) is 0.267. The van der Waals surface area contributed by atoms with Gasteiger partial charge in [0.05, 0.1) is 0 Å². The van der Waals surface area contributed by atoms with Crippen LogP contribution in [0.2, 0.25) is 5.02 Å². The first-order valence-electron chi connectivity index (χ1n) is 6.06. The van der Waals surface area contributed by atoms with Gasteiger partial charge in [0.1, 0.15) is 0 Å². The maximum Gasteiger partial charge on any atom is 0.0450 e. The second kappa shape index (κ2) is 5.98. The smallest absolute Gasteiger partial charge is 0.0450 e. The fourth-order valence-electron chi connectivity index (χ4n) is 2.19. The Hall–Kier alpha value is -1.38. The van der Waals surface area contributed by atoms with Crippen LogP contribution in [-0.4, -0.2) is 12.0 Å². The summed E-state index contributed by atoms with van der Waals surface area (Å²) in [5.74, 6) is 0.303. The predicted molar refractivity (Wildman–Crippen MR) is 75.9 cm³/mol. The van der Waals surface area contributed by atoms with Crippen LogP contribution in [0, 0.1) is 0 Å². The first kappa shape index (κ1) is 13.1. The molecule has 0 radical (unpaired) electrons. The van der Waals surface area contributed by atoms with Gasteiger partial charge in [-0.15, -0.1) is 0 Å². The molecule has 0 aliphatic carbocycles. The Balaban J connectivity index is 2.26. The predicted octanol–water partition coefficient (Wildman–Crippen LogP) is 3.80. The Labute approximate surface area is 113 Å². The van der Waals surface area contributed by atoms with Crippen LogP contribution >= 0.6 is 11.6 Å². The summed E-state index contributed by atoms with van der Waals surface area (Å²) in [6, 6.07) is 14.2. The molecule has 2 rings (SSSR count). The molecule has 18 heavy (non-hydrogen) atoms. The average Bonchev–Trinajstić information content (AvgIpc) is 2.42. The third-order valence-corrected chi connectivity index (χ3v) is 3.45. The Morgan fingerprint density at radius 2 is 1.83 bits per heavy atom. The van der Waals surface area contributed by atoms with E-state index >= 15 is 0 Å². The molecule has 0 spiro atoms. The molecule has 1 heterocycles. The molecule has 1 aromatic heterocycles. The number of benzene rings is 1. The molecule has 3 heteroatoms. The third kappa shape index (κ3) is 2.89. The van der Waals surface area contributed by atoms with E-state index in [4.69, 9.17) is 11.6 Å². The second-order valence-corrected chi connectivity index (χ2v) is 4.80. The van der Waals surface area contributed by atoms with Gasteiger partial charge < -0.3 is 5.32 Å². The van der Waals surface area contributed by atoms with Crippen LogP contribution in [0.3, 0.4) is 0 Å². The number of likely N-dealkylation sites (N-methyl/N-ethyl adjacent to an activating group) is 1. The van der Waals surface area contributed by atoms with Gasteiger partial charge in [-0.05, 0) is 36.9 Å². The van der Waals surface area contributed by atoms with E-state index in [1.807, 2.05) is 37.5 Å². The van der Waals surface area contributed by atoms with E-state index in [1.54, 1.807) is 0 Å². The molecule has 0 amide bonds. The standard InChI is InChI=1S/C15H17ClN2/c1-11(14-5-3-4-10-18-14)15(17-2)12-6-8-13(16)9-7-12/h3-11,15,17H,1-2H3. The van der Waals surface area contributed by atoms with Crippen LogP contribution in [0.4, 0.5) is 0 Å². The summed E-state index contributed by atoms with van der Waals surface area (Å²) in [6.07, 6.45) is 1.83. The quantitative estimate of drug-likeness (QED) is 0.905. The van der Waals surface area contributed by atoms with Crippen molar-refractivity contribution in [3.8, 4) is 0 Å². The Bertz CT molecular complexity index is 482. The van der Waals surface area contributed by atoms with Crippen molar-refractivity contribution in [2.24, 2.45) is 0 Å². The molecule has 0 saturated carbocycles. The molecule has 0 saturated heterocycles. The first-order valence-corrected chi connectivity index (χ1v) is 6.44. The van der Waals surface area contributed by atoms with Gasteiger partial charge in [0.15, 0.2) is 0 Å². The minimum Gasteiger partial charge on any atom is -0.312 e. The van der Waals surface area contributed by atoms with Crippen molar-refractivity contribution in [3.05, 3.63) is 64.9 Å². The van der Waals surface area contributed by atoms with E-state index < -0.39 is 0 Å². The van der Waals surface area contributed by atoms with E-state index in [2.05, 4.69) is 35.4 Å². The summed E-state index contributed by atoms with van der Waals surface area (Å²) in [7, 11) is 1.97. The molecule has 0 bridgehead atoms. The number of hydrogen-bond acceptors (Lipinski definition) is 2. The topological polar surface area (TPSA) is 24.9 Å². The van der Waals surface area contributed by atoms with Crippen molar-refractivity contribution in [1.29, 1.82) is 0 Å². The van der Waals surface area contributed by atoms with Crippen molar-refractivity contribution in [2.75, 3.05) is 7.05 Å². The molecule has 2 nitrogen and oxygen atoms in total. The molecule has 94 valence electrons. The van der Waals surface area contributed by atoms with E-state index in [0.717, 1.165) is 10.7 Å². The number of nitrogens with zero attached hydrogens (tertiary/aromatic N) is 1. The van der Waals surface area contributed by atoms with Crippen LogP contribution in [0.15, 0.2) is 48.7 Å². The summed E-state index contributed by atoms with van der Waals surface area (Å²) in [6.45, 7) is 2.18. The molecule has 0 aliphatic rings.